The third kappa shape index (κ3) is 4.04. The Balaban J connectivity index is 2.18. The molecular weight excluding hydrogens is 320 g/mol. The first-order valence-corrected chi connectivity index (χ1v) is 7.44. The Morgan fingerprint density at radius 2 is 1.83 bits per heavy atom. The van der Waals surface area contributed by atoms with E-state index in [2.05, 4.69) is 0 Å². The quantitative estimate of drug-likeness (QED) is 0.440. The Labute approximate surface area is 139 Å². The van der Waals surface area contributed by atoms with Crippen LogP contribution in [-0.2, 0) is 4.74 Å². The maximum atomic E-state index is 10.00. The lowest BCUT2D eigenvalue weighted by Gasteiger charge is -2.39. The fourth-order valence-corrected chi connectivity index (χ4v) is 2.36. The van der Waals surface area contributed by atoms with Gasteiger partial charge in [-0.25, -0.2) is 0 Å². The first-order chi connectivity index (χ1) is 11.5. The van der Waals surface area contributed by atoms with Crippen LogP contribution in [0.2, 0.25) is 0 Å². The van der Waals surface area contributed by atoms with Crippen molar-refractivity contribution in [3.8, 4) is 11.5 Å². The van der Waals surface area contributed by atoms with Crippen molar-refractivity contribution in [2.45, 2.75) is 30.7 Å². The Morgan fingerprint density at radius 1 is 1.08 bits per heavy atom. The summed E-state index contributed by atoms with van der Waals surface area (Å²) in [7, 11) is 1.44. The molecule has 1 aliphatic rings. The Bertz CT molecular complexity index is 559. The summed E-state index contributed by atoms with van der Waals surface area (Å²) >= 11 is 0. The first kappa shape index (κ1) is 18.7. The number of methoxy groups -OCH3 is 1. The number of rotatable bonds is 6. The smallest absolute Gasteiger partial charge is 0.229 e. The summed E-state index contributed by atoms with van der Waals surface area (Å²) in [5.41, 5.74) is 0.766. The summed E-state index contributed by atoms with van der Waals surface area (Å²) in [5, 5.41) is 47.5. The average Bonchev–Trinajstić information content (AvgIpc) is 2.61. The van der Waals surface area contributed by atoms with E-state index in [1.54, 1.807) is 30.4 Å². The van der Waals surface area contributed by atoms with Crippen molar-refractivity contribution in [1.82, 2.24) is 0 Å². The van der Waals surface area contributed by atoms with Crippen molar-refractivity contribution in [1.29, 1.82) is 0 Å². The maximum Gasteiger partial charge on any atom is 0.229 e. The van der Waals surface area contributed by atoms with Gasteiger partial charge in [-0.15, -0.1) is 0 Å². The molecule has 1 saturated heterocycles. The van der Waals surface area contributed by atoms with Gasteiger partial charge in [-0.1, -0.05) is 18.2 Å². The summed E-state index contributed by atoms with van der Waals surface area (Å²) in [6, 6.07) is 4.94. The van der Waals surface area contributed by atoms with Gasteiger partial charge in [0.05, 0.1) is 20.3 Å². The van der Waals surface area contributed by atoms with Crippen molar-refractivity contribution in [2.24, 2.45) is 0 Å². The van der Waals surface area contributed by atoms with E-state index >= 15 is 0 Å². The minimum absolute atomic E-state index is 0.0918. The van der Waals surface area contributed by atoms with Gasteiger partial charge in [0.25, 0.3) is 0 Å². The van der Waals surface area contributed by atoms with Crippen LogP contribution >= 0.6 is 0 Å². The molecule has 134 valence electrons. The topological polar surface area (TPSA) is 129 Å². The monoisotopic (exact) mass is 342 g/mol. The lowest BCUT2D eigenvalue weighted by atomic mass is 9.99. The van der Waals surface area contributed by atoms with Gasteiger partial charge in [0.1, 0.15) is 24.4 Å². The fraction of sp³-hybridized carbons (Fsp3) is 0.500. The van der Waals surface area contributed by atoms with E-state index in [1.807, 2.05) is 0 Å². The summed E-state index contributed by atoms with van der Waals surface area (Å²) in [6.07, 6.45) is -3.54. The number of hydrogen-bond acceptors (Lipinski definition) is 8. The molecule has 5 N–H and O–H groups in total. The molecule has 8 nitrogen and oxygen atoms in total. The van der Waals surface area contributed by atoms with Crippen molar-refractivity contribution in [3.63, 3.8) is 0 Å². The second kappa shape index (κ2) is 8.43. The largest absolute Gasteiger partial charge is 0.493 e. The second-order valence-electron chi connectivity index (χ2n) is 5.31. The highest BCUT2D eigenvalue weighted by Crippen LogP contribution is 2.32. The van der Waals surface area contributed by atoms with Crippen LogP contribution in [0.25, 0.3) is 6.08 Å². The molecule has 0 aromatic heterocycles. The van der Waals surface area contributed by atoms with Crippen LogP contribution in [0, 0.1) is 0 Å². The molecule has 1 aromatic rings. The molecule has 1 heterocycles. The summed E-state index contributed by atoms with van der Waals surface area (Å²) < 4.78 is 16.1. The summed E-state index contributed by atoms with van der Waals surface area (Å²) in [6.45, 7) is -0.627. The van der Waals surface area contributed by atoms with Gasteiger partial charge in [0.2, 0.25) is 6.29 Å². The molecule has 24 heavy (non-hydrogen) atoms. The van der Waals surface area contributed by atoms with Crippen LogP contribution in [0.3, 0.4) is 0 Å². The van der Waals surface area contributed by atoms with Crippen molar-refractivity contribution < 1.29 is 39.7 Å². The molecule has 1 aromatic carbocycles. The van der Waals surface area contributed by atoms with Crippen molar-refractivity contribution in [3.05, 3.63) is 29.8 Å². The van der Waals surface area contributed by atoms with Crippen LogP contribution < -0.4 is 9.47 Å². The van der Waals surface area contributed by atoms with E-state index in [1.165, 1.54) is 7.11 Å². The minimum atomic E-state index is -1.52. The molecule has 0 unspecified atom stereocenters. The van der Waals surface area contributed by atoms with E-state index in [0.29, 0.717) is 5.75 Å². The number of aliphatic hydroxyl groups is 5. The van der Waals surface area contributed by atoms with Gasteiger partial charge in [-0.3, -0.25) is 0 Å². The third-order valence-corrected chi connectivity index (χ3v) is 3.69. The van der Waals surface area contributed by atoms with Crippen molar-refractivity contribution >= 4 is 6.08 Å². The molecule has 0 spiro atoms. The van der Waals surface area contributed by atoms with Gasteiger partial charge in [-0.2, -0.15) is 0 Å². The molecule has 1 fully saturated rings. The Hall–Kier alpha value is -1.68. The molecule has 0 bridgehead atoms. The molecule has 0 saturated carbocycles. The average molecular weight is 342 g/mol. The molecule has 1 aliphatic heterocycles. The van der Waals surface area contributed by atoms with Crippen LogP contribution in [0.15, 0.2) is 24.3 Å². The lowest BCUT2D eigenvalue weighted by molar-refractivity contribution is -0.277. The predicted molar refractivity (Wildman–Crippen MR) is 83.5 cm³/mol. The van der Waals surface area contributed by atoms with Gasteiger partial charge in [0.15, 0.2) is 11.5 Å². The standard InChI is InChI=1S/C16H22O8/c1-22-11-7-9(3-2-6-17)4-5-10(11)23-16-15(21)14(20)13(19)12(8-18)24-16/h2-5,7,12-21H,6,8H2,1H3/b3-2+/t12-,13+,14+,15-,16-/m1/s1. The number of benzene rings is 1. The molecule has 0 radical (unpaired) electrons. The van der Waals surface area contributed by atoms with Crippen LogP contribution in [-0.4, -0.2) is 76.6 Å². The van der Waals surface area contributed by atoms with Gasteiger partial charge >= 0.3 is 0 Å². The Morgan fingerprint density at radius 3 is 2.46 bits per heavy atom. The number of hydrogen-bond donors (Lipinski definition) is 5. The third-order valence-electron chi connectivity index (χ3n) is 3.69. The minimum Gasteiger partial charge on any atom is -0.493 e. The van der Waals surface area contributed by atoms with Crippen molar-refractivity contribution in [2.75, 3.05) is 20.3 Å². The zero-order valence-corrected chi connectivity index (χ0v) is 13.1. The van der Waals surface area contributed by atoms with Crippen LogP contribution in [0.5, 0.6) is 11.5 Å². The second-order valence-corrected chi connectivity index (χ2v) is 5.31. The molecule has 0 amide bonds. The lowest BCUT2D eigenvalue weighted by Crippen LogP contribution is -2.60. The number of ether oxygens (including phenoxy) is 3. The molecule has 8 heteroatoms. The molecule has 5 atom stereocenters. The normalized spacial score (nSPS) is 30.5. The first-order valence-electron chi connectivity index (χ1n) is 7.44. The van der Waals surface area contributed by atoms with Crippen LogP contribution in [0.4, 0.5) is 0 Å². The zero-order valence-electron chi connectivity index (χ0n) is 13.1. The molecule has 0 aliphatic carbocycles. The van der Waals surface area contributed by atoms with E-state index in [9.17, 15) is 20.4 Å². The Kier molecular flexibility index (Phi) is 6.55. The fourth-order valence-electron chi connectivity index (χ4n) is 2.36. The van der Waals surface area contributed by atoms with E-state index < -0.39 is 37.3 Å². The van der Waals surface area contributed by atoms with Gasteiger partial charge in [0, 0.05) is 0 Å². The molecular formula is C16H22O8. The van der Waals surface area contributed by atoms with E-state index in [4.69, 9.17) is 19.3 Å². The highest BCUT2D eigenvalue weighted by molar-refractivity contribution is 5.55. The summed E-state index contributed by atoms with van der Waals surface area (Å²) in [5.74, 6) is 0.607. The zero-order chi connectivity index (χ0) is 17.7. The highest BCUT2D eigenvalue weighted by Gasteiger charge is 2.44. The predicted octanol–water partition coefficient (Wildman–Crippen LogP) is -1.12. The summed E-state index contributed by atoms with van der Waals surface area (Å²) in [4.78, 5) is 0. The van der Waals surface area contributed by atoms with E-state index in [-0.39, 0.29) is 12.4 Å². The number of aliphatic hydroxyl groups excluding tert-OH is 5. The highest BCUT2D eigenvalue weighted by atomic mass is 16.7. The van der Waals surface area contributed by atoms with Gasteiger partial charge in [-0.05, 0) is 17.7 Å². The van der Waals surface area contributed by atoms with Crippen LogP contribution in [0.1, 0.15) is 5.56 Å². The molecule has 2 rings (SSSR count). The SMILES string of the molecule is COc1cc(/C=C/CO)ccc1O[C@@H]1O[C@H](CO)[C@H](O)[C@H](O)[C@H]1O. The van der Waals surface area contributed by atoms with Gasteiger partial charge < -0.3 is 39.7 Å². The van der Waals surface area contributed by atoms with E-state index in [0.717, 1.165) is 5.56 Å². The maximum absolute atomic E-state index is 10.00.